The fourth-order valence-electron chi connectivity index (χ4n) is 3.86. The summed E-state index contributed by atoms with van der Waals surface area (Å²) in [6.45, 7) is 2.12. The van der Waals surface area contributed by atoms with Crippen LogP contribution in [-0.2, 0) is 19.1 Å². The Balaban J connectivity index is 2.38. The van der Waals surface area contributed by atoms with E-state index in [-0.39, 0.29) is 38.9 Å². The van der Waals surface area contributed by atoms with Gasteiger partial charge in [-0.15, -0.1) is 0 Å². The molecule has 0 fully saturated rings. The van der Waals surface area contributed by atoms with E-state index < -0.39 is 23.8 Å². The lowest BCUT2D eigenvalue weighted by molar-refractivity contribution is -0.139. The van der Waals surface area contributed by atoms with Gasteiger partial charge in [-0.05, 0) is 30.7 Å². The van der Waals surface area contributed by atoms with Crippen molar-refractivity contribution in [1.29, 1.82) is 5.26 Å². The van der Waals surface area contributed by atoms with Crippen LogP contribution in [0, 0.1) is 11.3 Å². The Morgan fingerprint density at radius 1 is 1.11 bits per heavy atom. The summed E-state index contributed by atoms with van der Waals surface area (Å²) >= 11 is 6.24. The SMILES string of the molecule is CCNC(=O)c1cc(N2C(N)=C(C#N)C(c3ccccc3)C(C(=O)OC)=C2C(=O)OC)ccc1Cl. The molecule has 0 radical (unpaired) electrons. The van der Waals surface area contributed by atoms with Crippen LogP contribution in [0.4, 0.5) is 5.69 Å². The van der Waals surface area contributed by atoms with Gasteiger partial charge in [-0.1, -0.05) is 41.9 Å². The van der Waals surface area contributed by atoms with Crippen LogP contribution in [0.15, 0.2) is 71.2 Å². The molecule has 2 aromatic carbocycles. The molecule has 3 rings (SSSR count). The first kappa shape index (κ1) is 25.3. The summed E-state index contributed by atoms with van der Waals surface area (Å²) in [5, 5.41) is 12.9. The molecule has 0 bridgehead atoms. The number of esters is 2. The Morgan fingerprint density at radius 2 is 1.77 bits per heavy atom. The van der Waals surface area contributed by atoms with Gasteiger partial charge in [0.2, 0.25) is 0 Å². The number of rotatable bonds is 6. The molecule has 0 aromatic heterocycles. The van der Waals surface area contributed by atoms with E-state index in [1.807, 2.05) is 0 Å². The zero-order valence-electron chi connectivity index (χ0n) is 19.3. The Morgan fingerprint density at radius 3 is 2.34 bits per heavy atom. The number of hydrogen-bond acceptors (Lipinski definition) is 8. The van der Waals surface area contributed by atoms with Crippen LogP contribution in [-0.4, -0.2) is 38.6 Å². The van der Waals surface area contributed by atoms with Crippen LogP contribution in [0.2, 0.25) is 5.02 Å². The molecule has 0 spiro atoms. The number of hydrogen-bond donors (Lipinski definition) is 2. The van der Waals surface area contributed by atoms with Crippen molar-refractivity contribution in [1.82, 2.24) is 5.32 Å². The quantitative estimate of drug-likeness (QED) is 0.585. The lowest BCUT2D eigenvalue weighted by Gasteiger charge is -2.36. The van der Waals surface area contributed by atoms with E-state index in [9.17, 15) is 19.6 Å². The molecule has 1 unspecified atom stereocenters. The summed E-state index contributed by atoms with van der Waals surface area (Å²) in [5.74, 6) is -3.28. The highest BCUT2D eigenvalue weighted by atomic mass is 35.5. The molecule has 1 amide bonds. The maximum absolute atomic E-state index is 13.1. The Labute approximate surface area is 207 Å². The second kappa shape index (κ2) is 10.8. The van der Waals surface area contributed by atoms with Gasteiger partial charge >= 0.3 is 11.9 Å². The second-order valence-corrected chi connectivity index (χ2v) is 7.77. The number of methoxy groups -OCH3 is 2. The van der Waals surface area contributed by atoms with Gasteiger partial charge in [0.25, 0.3) is 5.91 Å². The predicted molar refractivity (Wildman–Crippen MR) is 129 cm³/mol. The first-order chi connectivity index (χ1) is 16.8. The predicted octanol–water partition coefficient (Wildman–Crippen LogP) is 2.99. The van der Waals surface area contributed by atoms with Crippen molar-refractivity contribution < 1.29 is 23.9 Å². The molecule has 1 aliphatic heterocycles. The van der Waals surface area contributed by atoms with Gasteiger partial charge in [0.15, 0.2) is 0 Å². The maximum Gasteiger partial charge on any atom is 0.355 e. The summed E-state index contributed by atoms with van der Waals surface area (Å²) in [6.07, 6.45) is 0. The van der Waals surface area contributed by atoms with E-state index in [1.54, 1.807) is 37.3 Å². The fourth-order valence-corrected chi connectivity index (χ4v) is 4.07. The van der Waals surface area contributed by atoms with Crippen molar-refractivity contribution in [3.63, 3.8) is 0 Å². The molecule has 1 heterocycles. The topological polar surface area (TPSA) is 135 Å². The monoisotopic (exact) mass is 494 g/mol. The standard InChI is InChI=1S/C25H23ClN4O5/c1-4-29-23(31)16-12-15(10-11-18(16)26)30-21(25(33)35-3)20(24(32)34-2)19(17(13-27)22(30)28)14-8-6-5-7-9-14/h5-12,19H,4,28H2,1-3H3,(H,29,31). The molecule has 35 heavy (non-hydrogen) atoms. The van der Waals surface area contributed by atoms with E-state index in [0.29, 0.717) is 12.1 Å². The number of benzene rings is 2. The number of allylic oxidation sites excluding steroid dienone is 1. The fraction of sp³-hybridized carbons (Fsp3) is 0.200. The first-order valence-electron chi connectivity index (χ1n) is 10.5. The van der Waals surface area contributed by atoms with E-state index in [1.165, 1.54) is 30.2 Å². The van der Waals surface area contributed by atoms with Crippen LogP contribution in [0.5, 0.6) is 0 Å². The summed E-state index contributed by atoms with van der Waals surface area (Å²) in [6, 6.07) is 15.1. The molecular weight excluding hydrogens is 472 g/mol. The number of carbonyl (C=O) groups excluding carboxylic acids is 3. The van der Waals surface area contributed by atoms with Crippen molar-refractivity contribution in [2.75, 3.05) is 25.7 Å². The number of anilines is 1. The van der Waals surface area contributed by atoms with Gasteiger partial charge in [0.1, 0.15) is 11.5 Å². The normalized spacial score (nSPS) is 15.4. The summed E-state index contributed by atoms with van der Waals surface area (Å²) in [4.78, 5) is 39.9. The Hall–Kier alpha value is -4.29. The minimum Gasteiger partial charge on any atom is -0.466 e. The van der Waals surface area contributed by atoms with Crippen LogP contribution in [0.1, 0.15) is 28.8 Å². The highest BCUT2D eigenvalue weighted by molar-refractivity contribution is 6.34. The average molecular weight is 495 g/mol. The largest absolute Gasteiger partial charge is 0.466 e. The van der Waals surface area contributed by atoms with Gasteiger partial charge < -0.3 is 20.5 Å². The lowest BCUT2D eigenvalue weighted by atomic mass is 9.81. The molecule has 2 aromatic rings. The van der Waals surface area contributed by atoms with Crippen LogP contribution < -0.4 is 16.0 Å². The van der Waals surface area contributed by atoms with Crippen LogP contribution in [0.3, 0.4) is 0 Å². The summed E-state index contributed by atoms with van der Waals surface area (Å²) in [7, 11) is 2.32. The number of halogens is 1. The van der Waals surface area contributed by atoms with E-state index in [2.05, 4.69) is 11.4 Å². The number of carbonyl (C=O) groups is 3. The number of amides is 1. The van der Waals surface area contributed by atoms with E-state index in [4.69, 9.17) is 26.8 Å². The highest BCUT2D eigenvalue weighted by Crippen LogP contribution is 2.43. The number of nitriles is 1. The smallest absolute Gasteiger partial charge is 0.355 e. The highest BCUT2D eigenvalue weighted by Gasteiger charge is 2.43. The molecule has 180 valence electrons. The number of nitrogens with zero attached hydrogens (tertiary/aromatic N) is 2. The molecule has 1 aliphatic rings. The molecule has 0 aliphatic carbocycles. The van der Waals surface area contributed by atoms with Gasteiger partial charge in [-0.2, -0.15) is 5.26 Å². The number of ether oxygens (including phenoxy) is 2. The third-order valence-electron chi connectivity index (χ3n) is 5.40. The minimum absolute atomic E-state index is 0.0127. The van der Waals surface area contributed by atoms with Crippen molar-refractivity contribution in [3.8, 4) is 6.07 Å². The van der Waals surface area contributed by atoms with Crippen molar-refractivity contribution >= 4 is 35.1 Å². The zero-order valence-corrected chi connectivity index (χ0v) is 20.1. The second-order valence-electron chi connectivity index (χ2n) is 7.36. The van der Waals surface area contributed by atoms with Gasteiger partial charge in [0, 0.05) is 12.2 Å². The molecule has 0 saturated carbocycles. The molecule has 9 nitrogen and oxygen atoms in total. The minimum atomic E-state index is -0.992. The van der Waals surface area contributed by atoms with Crippen molar-refractivity contribution in [2.24, 2.45) is 5.73 Å². The number of nitrogens with two attached hydrogens (primary N) is 1. The van der Waals surface area contributed by atoms with E-state index in [0.717, 1.165) is 7.11 Å². The maximum atomic E-state index is 13.1. The van der Waals surface area contributed by atoms with Crippen molar-refractivity contribution in [3.05, 3.63) is 87.3 Å². The molecule has 3 N–H and O–H groups in total. The Kier molecular flexibility index (Phi) is 7.79. The molecule has 1 atom stereocenters. The molecule has 0 saturated heterocycles. The summed E-state index contributed by atoms with van der Waals surface area (Å²) in [5.41, 5.74) is 6.98. The third kappa shape index (κ3) is 4.69. The molecule has 10 heteroatoms. The third-order valence-corrected chi connectivity index (χ3v) is 5.73. The zero-order chi connectivity index (χ0) is 25.7. The Bertz CT molecular complexity index is 1280. The average Bonchev–Trinajstić information content (AvgIpc) is 2.88. The summed E-state index contributed by atoms with van der Waals surface area (Å²) < 4.78 is 10.00. The van der Waals surface area contributed by atoms with Gasteiger partial charge in [-0.3, -0.25) is 9.69 Å². The van der Waals surface area contributed by atoms with Gasteiger partial charge in [0.05, 0.1) is 47.9 Å². The van der Waals surface area contributed by atoms with Crippen molar-refractivity contribution in [2.45, 2.75) is 12.8 Å². The molecular formula is C25H23ClN4O5. The van der Waals surface area contributed by atoms with Crippen LogP contribution >= 0.6 is 11.6 Å². The van der Waals surface area contributed by atoms with E-state index >= 15 is 0 Å². The number of nitrogens with one attached hydrogen (secondary N) is 1. The first-order valence-corrected chi connectivity index (χ1v) is 10.9. The lowest BCUT2D eigenvalue weighted by Crippen LogP contribution is -2.40. The van der Waals surface area contributed by atoms with Crippen LogP contribution in [0.25, 0.3) is 0 Å². The van der Waals surface area contributed by atoms with Gasteiger partial charge in [-0.25, -0.2) is 9.59 Å².